The van der Waals surface area contributed by atoms with Crippen molar-refractivity contribution >= 4 is 17.9 Å². The Morgan fingerprint density at radius 1 is 1.37 bits per heavy atom. The standard InChI is InChI=1S/C12H20N2O5/c1-19-8-9-5-6-14(7-9)12(18)13-10(15)3-2-4-11(16)17/h9H,2-8H2,1H3,(H,16,17)(H,13,15,18). The monoisotopic (exact) mass is 272 g/mol. The highest BCUT2D eigenvalue weighted by molar-refractivity contribution is 5.94. The van der Waals surface area contributed by atoms with Crippen LogP contribution in [0.3, 0.4) is 0 Å². The fraction of sp³-hybridized carbons (Fsp3) is 0.750. The van der Waals surface area contributed by atoms with E-state index < -0.39 is 17.9 Å². The molecule has 7 nitrogen and oxygen atoms in total. The maximum atomic E-state index is 11.7. The average Bonchev–Trinajstić information content (AvgIpc) is 2.77. The molecule has 0 spiro atoms. The fourth-order valence-electron chi connectivity index (χ4n) is 2.05. The molecule has 0 radical (unpaired) electrons. The van der Waals surface area contributed by atoms with Gasteiger partial charge < -0.3 is 14.7 Å². The average molecular weight is 272 g/mol. The van der Waals surface area contributed by atoms with E-state index in [1.807, 2.05) is 0 Å². The summed E-state index contributed by atoms with van der Waals surface area (Å²) >= 11 is 0. The van der Waals surface area contributed by atoms with Crippen molar-refractivity contribution in [3.05, 3.63) is 0 Å². The molecule has 7 heteroatoms. The predicted octanol–water partition coefficient (Wildman–Crippen LogP) is 0.446. The first-order valence-electron chi connectivity index (χ1n) is 6.32. The molecule has 0 aromatic carbocycles. The molecule has 0 aliphatic carbocycles. The summed E-state index contributed by atoms with van der Waals surface area (Å²) in [5.74, 6) is -1.06. The number of rotatable bonds is 6. The van der Waals surface area contributed by atoms with Crippen molar-refractivity contribution in [2.75, 3.05) is 26.8 Å². The SMILES string of the molecule is COCC1CCN(C(=O)NC(=O)CCCC(=O)O)C1. The van der Waals surface area contributed by atoms with Gasteiger partial charge in [-0.3, -0.25) is 14.9 Å². The van der Waals surface area contributed by atoms with E-state index in [0.29, 0.717) is 25.6 Å². The van der Waals surface area contributed by atoms with Crippen molar-refractivity contribution in [1.82, 2.24) is 10.2 Å². The third kappa shape index (κ3) is 5.69. The highest BCUT2D eigenvalue weighted by Crippen LogP contribution is 2.16. The highest BCUT2D eigenvalue weighted by atomic mass is 16.5. The minimum absolute atomic E-state index is 0.0490. The van der Waals surface area contributed by atoms with E-state index in [1.165, 1.54) is 0 Å². The third-order valence-electron chi connectivity index (χ3n) is 3.02. The minimum Gasteiger partial charge on any atom is -0.481 e. The Hall–Kier alpha value is -1.63. The molecule has 0 saturated carbocycles. The largest absolute Gasteiger partial charge is 0.481 e. The van der Waals surface area contributed by atoms with Gasteiger partial charge in [0.05, 0.1) is 6.61 Å². The van der Waals surface area contributed by atoms with Crippen molar-refractivity contribution in [3.63, 3.8) is 0 Å². The topological polar surface area (TPSA) is 95.9 Å². The van der Waals surface area contributed by atoms with Crippen molar-refractivity contribution in [3.8, 4) is 0 Å². The summed E-state index contributed by atoms with van der Waals surface area (Å²) < 4.78 is 5.03. The molecule has 0 aromatic rings. The Morgan fingerprint density at radius 2 is 2.11 bits per heavy atom. The number of aliphatic carboxylic acids is 1. The number of carboxylic acid groups (broad SMARTS) is 1. The molecule has 1 saturated heterocycles. The zero-order chi connectivity index (χ0) is 14.3. The second-order valence-corrected chi connectivity index (χ2v) is 4.66. The van der Waals surface area contributed by atoms with Gasteiger partial charge in [0.1, 0.15) is 0 Å². The molecule has 0 bridgehead atoms. The van der Waals surface area contributed by atoms with Crippen LogP contribution in [-0.2, 0) is 14.3 Å². The first-order chi connectivity index (χ1) is 9.02. The van der Waals surface area contributed by atoms with Crippen LogP contribution in [0, 0.1) is 5.92 Å². The quantitative estimate of drug-likeness (QED) is 0.731. The summed E-state index contributed by atoms with van der Waals surface area (Å²) in [5.41, 5.74) is 0. The summed E-state index contributed by atoms with van der Waals surface area (Å²) in [7, 11) is 1.62. The number of urea groups is 1. The zero-order valence-electron chi connectivity index (χ0n) is 11.1. The number of hydrogen-bond donors (Lipinski definition) is 2. The fourth-order valence-corrected chi connectivity index (χ4v) is 2.05. The van der Waals surface area contributed by atoms with Gasteiger partial charge in [0.2, 0.25) is 5.91 Å². The molecule has 1 heterocycles. The summed E-state index contributed by atoms with van der Waals surface area (Å²) in [6.07, 6.45) is 1.09. The van der Waals surface area contributed by atoms with E-state index in [2.05, 4.69) is 5.32 Å². The first-order valence-corrected chi connectivity index (χ1v) is 6.32. The molecule has 0 aromatic heterocycles. The second kappa shape index (κ2) is 7.73. The number of carbonyl (C=O) groups is 3. The molecule has 1 aliphatic heterocycles. The second-order valence-electron chi connectivity index (χ2n) is 4.66. The lowest BCUT2D eigenvalue weighted by Crippen LogP contribution is -2.41. The molecular formula is C12H20N2O5. The summed E-state index contributed by atoms with van der Waals surface area (Å²) in [6, 6.07) is -0.404. The van der Waals surface area contributed by atoms with Crippen LogP contribution in [0.4, 0.5) is 4.79 Å². The normalized spacial score (nSPS) is 18.4. The van der Waals surface area contributed by atoms with Gasteiger partial charge in [0.15, 0.2) is 0 Å². The molecule has 1 fully saturated rings. The lowest BCUT2D eigenvalue weighted by Gasteiger charge is -2.16. The van der Waals surface area contributed by atoms with Crippen molar-refractivity contribution in [1.29, 1.82) is 0 Å². The van der Waals surface area contributed by atoms with Crippen molar-refractivity contribution in [2.24, 2.45) is 5.92 Å². The van der Waals surface area contributed by atoms with E-state index in [9.17, 15) is 14.4 Å². The number of likely N-dealkylation sites (tertiary alicyclic amines) is 1. The maximum absolute atomic E-state index is 11.7. The van der Waals surface area contributed by atoms with Gasteiger partial charge in [-0.15, -0.1) is 0 Å². The Labute approximate surface area is 111 Å². The van der Waals surface area contributed by atoms with Crippen LogP contribution in [0.25, 0.3) is 0 Å². The number of nitrogens with one attached hydrogen (secondary N) is 1. The lowest BCUT2D eigenvalue weighted by atomic mass is 10.1. The van der Waals surface area contributed by atoms with Gasteiger partial charge >= 0.3 is 12.0 Å². The summed E-state index contributed by atoms with van der Waals surface area (Å²) in [4.78, 5) is 35.0. The number of carboxylic acids is 1. The first kappa shape index (κ1) is 15.4. The van der Waals surface area contributed by atoms with Crippen LogP contribution < -0.4 is 5.32 Å². The van der Waals surface area contributed by atoms with Gasteiger partial charge in [-0.2, -0.15) is 0 Å². The van der Waals surface area contributed by atoms with Crippen LogP contribution in [0.5, 0.6) is 0 Å². The molecule has 2 N–H and O–H groups in total. The molecule has 1 rings (SSSR count). The summed E-state index contributed by atoms with van der Waals surface area (Å²) in [6.45, 7) is 1.81. The molecule has 1 aliphatic rings. The number of hydrogen-bond acceptors (Lipinski definition) is 4. The Kier molecular flexibility index (Phi) is 6.27. The van der Waals surface area contributed by atoms with Gasteiger partial charge in [0.25, 0.3) is 0 Å². The van der Waals surface area contributed by atoms with Crippen LogP contribution >= 0.6 is 0 Å². The van der Waals surface area contributed by atoms with Crippen LogP contribution in [-0.4, -0.2) is 54.7 Å². The van der Waals surface area contributed by atoms with E-state index in [4.69, 9.17) is 9.84 Å². The molecular weight excluding hydrogens is 252 g/mol. The molecule has 19 heavy (non-hydrogen) atoms. The van der Waals surface area contributed by atoms with Crippen molar-refractivity contribution < 1.29 is 24.2 Å². The van der Waals surface area contributed by atoms with Crippen LogP contribution in [0.2, 0.25) is 0 Å². The molecule has 108 valence electrons. The maximum Gasteiger partial charge on any atom is 0.324 e. The van der Waals surface area contributed by atoms with Crippen LogP contribution in [0.1, 0.15) is 25.7 Å². The van der Waals surface area contributed by atoms with Gasteiger partial charge in [-0.1, -0.05) is 0 Å². The Balaban J connectivity index is 2.23. The minimum atomic E-state index is -0.943. The Morgan fingerprint density at radius 3 is 2.74 bits per heavy atom. The molecule has 1 unspecified atom stereocenters. The molecule has 3 amide bonds. The van der Waals surface area contributed by atoms with Gasteiger partial charge in [0, 0.05) is 39.0 Å². The highest BCUT2D eigenvalue weighted by Gasteiger charge is 2.26. The van der Waals surface area contributed by atoms with Crippen LogP contribution in [0.15, 0.2) is 0 Å². The number of ether oxygens (including phenoxy) is 1. The van der Waals surface area contributed by atoms with E-state index in [1.54, 1.807) is 12.0 Å². The number of carbonyl (C=O) groups excluding carboxylic acids is 2. The van der Waals surface area contributed by atoms with E-state index in [-0.39, 0.29) is 19.3 Å². The van der Waals surface area contributed by atoms with E-state index in [0.717, 1.165) is 6.42 Å². The smallest absolute Gasteiger partial charge is 0.324 e. The number of nitrogens with zero attached hydrogens (tertiary/aromatic N) is 1. The van der Waals surface area contributed by atoms with Crippen molar-refractivity contribution in [2.45, 2.75) is 25.7 Å². The third-order valence-corrected chi connectivity index (χ3v) is 3.02. The summed E-state index contributed by atoms with van der Waals surface area (Å²) in [5, 5.41) is 10.7. The lowest BCUT2D eigenvalue weighted by molar-refractivity contribution is -0.137. The number of methoxy groups -OCH3 is 1. The number of imide groups is 1. The number of amides is 3. The predicted molar refractivity (Wildman–Crippen MR) is 66.6 cm³/mol. The molecule has 1 atom stereocenters. The Bertz CT molecular complexity index is 345. The van der Waals surface area contributed by atoms with Gasteiger partial charge in [-0.05, 0) is 12.8 Å². The zero-order valence-corrected chi connectivity index (χ0v) is 11.1. The van der Waals surface area contributed by atoms with Gasteiger partial charge in [-0.25, -0.2) is 4.79 Å². The van der Waals surface area contributed by atoms with E-state index >= 15 is 0 Å².